The van der Waals surface area contributed by atoms with E-state index in [1.807, 2.05) is 11.3 Å². The van der Waals surface area contributed by atoms with Crippen molar-refractivity contribution < 1.29 is 0 Å². The number of para-hydroxylation sites is 5. The molecule has 0 aliphatic heterocycles. The summed E-state index contributed by atoms with van der Waals surface area (Å²) in [4.78, 5) is 0. The minimum atomic E-state index is 0.254. The maximum atomic E-state index is 2.55. The summed E-state index contributed by atoms with van der Waals surface area (Å²) in [5.74, 6) is 0.254. The lowest BCUT2D eigenvalue weighted by atomic mass is 9.86. The Morgan fingerprint density at radius 3 is 1.97 bits per heavy atom. The molecule has 4 heterocycles. The summed E-state index contributed by atoms with van der Waals surface area (Å²) in [5, 5.41) is 7.81. The van der Waals surface area contributed by atoms with Gasteiger partial charge in [0.2, 0.25) is 0 Å². The van der Waals surface area contributed by atoms with E-state index in [0.29, 0.717) is 0 Å². The van der Waals surface area contributed by atoms with Gasteiger partial charge in [0.25, 0.3) is 0 Å². The largest absolute Gasteiger partial charge is 0.310 e. The Labute approximate surface area is 386 Å². The third-order valence-electron chi connectivity index (χ3n) is 14.3. The summed E-state index contributed by atoms with van der Waals surface area (Å²) >= 11 is 1.95. The molecule has 0 spiro atoms. The van der Waals surface area contributed by atoms with Gasteiger partial charge in [0.15, 0.2) is 0 Å². The highest BCUT2D eigenvalue weighted by Crippen LogP contribution is 2.49. The number of thiophene rings is 1. The molecule has 2 aliphatic carbocycles. The lowest BCUT2D eigenvalue weighted by Gasteiger charge is -2.20. The molecule has 4 heteroatoms. The van der Waals surface area contributed by atoms with E-state index in [9.17, 15) is 0 Å². The molecule has 1 unspecified atom stereocenters. The van der Waals surface area contributed by atoms with Gasteiger partial charge in [-0.3, -0.25) is 9.13 Å². The van der Waals surface area contributed by atoms with Crippen LogP contribution >= 0.6 is 11.3 Å². The maximum absolute atomic E-state index is 2.55. The quantitative estimate of drug-likeness (QED) is 0.158. The van der Waals surface area contributed by atoms with Gasteiger partial charge in [0, 0.05) is 76.0 Å². The molecule has 0 amide bonds. The Kier molecular flexibility index (Phi) is 8.41. The highest BCUT2D eigenvalue weighted by Gasteiger charge is 2.28. The normalized spacial score (nSPS) is 14.9. The predicted molar refractivity (Wildman–Crippen MR) is 281 cm³/mol. The maximum Gasteiger partial charge on any atom is 0.131 e. The Morgan fingerprint density at radius 1 is 0.515 bits per heavy atom. The zero-order valence-electron chi connectivity index (χ0n) is 36.2. The second kappa shape index (κ2) is 14.8. The molecule has 2 aliphatic rings. The zero-order valence-corrected chi connectivity index (χ0v) is 37.0. The van der Waals surface area contributed by atoms with Crippen molar-refractivity contribution in [2.45, 2.75) is 25.2 Å². The van der Waals surface area contributed by atoms with Crippen LogP contribution in [0, 0.1) is 0 Å². The molecule has 14 rings (SSSR count). The lowest BCUT2D eigenvalue weighted by molar-refractivity contribution is 0.833. The second-order valence-corrected chi connectivity index (χ2v) is 18.9. The van der Waals surface area contributed by atoms with E-state index < -0.39 is 0 Å². The van der Waals surface area contributed by atoms with Gasteiger partial charge in [0.1, 0.15) is 5.65 Å². The van der Waals surface area contributed by atoms with Crippen molar-refractivity contribution in [1.82, 2.24) is 13.7 Å². The number of hydrogen-bond donors (Lipinski definition) is 0. The molecule has 66 heavy (non-hydrogen) atoms. The SMILES string of the molecule is C1=CCCC(c2ccc3c(c2)c2c4cccc(-c5cccc6sc7c(C8C=Cc9c(c%10ccccc%10n9-c9ccccc9)C8)cccc7c56)c4n(-c4ccccc4)c2n3-c2ccccc2)=C1. The third-order valence-corrected chi connectivity index (χ3v) is 15.5. The molecule has 1 atom stereocenters. The van der Waals surface area contributed by atoms with Crippen molar-refractivity contribution in [2.24, 2.45) is 0 Å². The Balaban J connectivity index is 1.00. The molecular weight excluding hydrogens is 819 g/mol. The molecule has 312 valence electrons. The summed E-state index contributed by atoms with van der Waals surface area (Å²) in [7, 11) is 0. The fraction of sp³-hybridized carbons (Fsp3) is 0.0645. The summed E-state index contributed by atoms with van der Waals surface area (Å²) in [6, 6.07) is 69.8. The molecule has 0 bridgehead atoms. The minimum absolute atomic E-state index is 0.254. The van der Waals surface area contributed by atoms with Gasteiger partial charge in [-0.25, -0.2) is 0 Å². The number of aromatic nitrogens is 3. The molecule has 3 nitrogen and oxygen atoms in total. The number of nitrogens with zero attached hydrogens (tertiary/aromatic N) is 3. The third kappa shape index (κ3) is 5.55. The monoisotopic (exact) mass is 861 g/mol. The topological polar surface area (TPSA) is 14.8 Å². The zero-order chi connectivity index (χ0) is 43.3. The van der Waals surface area contributed by atoms with Gasteiger partial charge in [-0.2, -0.15) is 0 Å². The van der Waals surface area contributed by atoms with Crippen LogP contribution in [-0.4, -0.2) is 13.7 Å². The van der Waals surface area contributed by atoms with Gasteiger partial charge < -0.3 is 4.57 Å². The van der Waals surface area contributed by atoms with Gasteiger partial charge >= 0.3 is 0 Å². The molecule has 0 radical (unpaired) electrons. The Hall–Kier alpha value is -7.92. The highest BCUT2D eigenvalue weighted by atomic mass is 32.1. The molecule has 0 saturated heterocycles. The van der Waals surface area contributed by atoms with E-state index in [0.717, 1.165) is 30.6 Å². The van der Waals surface area contributed by atoms with Crippen LogP contribution in [0.1, 0.15) is 41.1 Å². The Bertz CT molecular complexity index is 4000. The molecule has 0 saturated carbocycles. The average molecular weight is 862 g/mol. The highest BCUT2D eigenvalue weighted by molar-refractivity contribution is 7.26. The summed E-state index contributed by atoms with van der Waals surface area (Å²) < 4.78 is 10.2. The average Bonchev–Trinajstić information content (AvgIpc) is 4.13. The second-order valence-electron chi connectivity index (χ2n) is 17.9. The van der Waals surface area contributed by atoms with E-state index in [4.69, 9.17) is 0 Å². The first kappa shape index (κ1) is 37.5. The first-order valence-electron chi connectivity index (χ1n) is 23.2. The number of fused-ring (bicyclic) bond motifs is 11. The summed E-state index contributed by atoms with van der Waals surface area (Å²) in [5.41, 5.74) is 17.7. The van der Waals surface area contributed by atoms with E-state index in [1.165, 1.54) is 109 Å². The van der Waals surface area contributed by atoms with Gasteiger partial charge in [-0.05, 0) is 114 Å². The van der Waals surface area contributed by atoms with Crippen molar-refractivity contribution in [3.05, 3.63) is 235 Å². The van der Waals surface area contributed by atoms with Crippen LogP contribution in [0.25, 0.3) is 104 Å². The van der Waals surface area contributed by atoms with Gasteiger partial charge in [0.05, 0.1) is 16.6 Å². The first-order chi connectivity index (χ1) is 32.8. The fourth-order valence-corrected chi connectivity index (χ4v) is 12.7. The van der Waals surface area contributed by atoms with Crippen LogP contribution in [0.5, 0.6) is 0 Å². The number of allylic oxidation sites excluding steroid dienone is 5. The van der Waals surface area contributed by atoms with Crippen LogP contribution < -0.4 is 0 Å². The smallest absolute Gasteiger partial charge is 0.131 e. The summed E-state index contributed by atoms with van der Waals surface area (Å²) in [6.07, 6.45) is 14.7. The van der Waals surface area contributed by atoms with Crippen molar-refractivity contribution in [3.8, 4) is 28.2 Å². The van der Waals surface area contributed by atoms with Gasteiger partial charge in [-0.1, -0.05) is 152 Å². The van der Waals surface area contributed by atoms with Gasteiger partial charge in [-0.15, -0.1) is 11.3 Å². The van der Waals surface area contributed by atoms with E-state index >= 15 is 0 Å². The number of rotatable bonds is 6. The number of benzene rings is 8. The van der Waals surface area contributed by atoms with E-state index in [-0.39, 0.29) is 5.92 Å². The molecule has 12 aromatic rings. The van der Waals surface area contributed by atoms with Crippen molar-refractivity contribution >= 4 is 86.9 Å². The Morgan fingerprint density at radius 2 is 1.18 bits per heavy atom. The van der Waals surface area contributed by atoms with Crippen LogP contribution in [0.15, 0.2) is 212 Å². The molecule has 4 aromatic heterocycles. The van der Waals surface area contributed by atoms with E-state index in [2.05, 4.69) is 232 Å². The lowest BCUT2D eigenvalue weighted by Crippen LogP contribution is -2.07. The first-order valence-corrected chi connectivity index (χ1v) is 24.0. The van der Waals surface area contributed by atoms with Crippen LogP contribution in [0.4, 0.5) is 0 Å². The van der Waals surface area contributed by atoms with Crippen molar-refractivity contribution in [1.29, 1.82) is 0 Å². The van der Waals surface area contributed by atoms with Crippen LogP contribution in [0.2, 0.25) is 0 Å². The summed E-state index contributed by atoms with van der Waals surface area (Å²) in [6.45, 7) is 0. The van der Waals surface area contributed by atoms with Crippen molar-refractivity contribution in [2.75, 3.05) is 0 Å². The molecule has 8 aromatic carbocycles. The minimum Gasteiger partial charge on any atom is -0.310 e. The van der Waals surface area contributed by atoms with Crippen LogP contribution in [0.3, 0.4) is 0 Å². The molecule has 0 N–H and O–H groups in total. The van der Waals surface area contributed by atoms with Crippen LogP contribution in [-0.2, 0) is 6.42 Å². The fourth-order valence-electron chi connectivity index (χ4n) is 11.4. The predicted octanol–water partition coefficient (Wildman–Crippen LogP) is 16.8. The van der Waals surface area contributed by atoms with E-state index in [1.54, 1.807) is 0 Å². The molecular formula is C62H43N3S. The standard InChI is InChI=1S/C62H43N3S/c1-5-18-40(19-6-1)41-34-36-56-53(38-41)59-50-30-16-29-49(60(50)65(45-24-11-4-12-25-45)62(59)64(56)44-22-9-3-10-23-44)48-28-17-33-57-58(48)51-31-15-27-46(61(51)66-57)42-35-37-55-52(39-42)47-26-13-14-32-54(47)63(55)43-20-7-2-8-21-43/h1-5,7-18,20-38,42H,6,19,39H2. The van der Waals surface area contributed by atoms with Crippen molar-refractivity contribution in [3.63, 3.8) is 0 Å². The number of hydrogen-bond acceptors (Lipinski definition) is 1. The molecule has 0 fully saturated rings.